The number of halogens is 1. The summed E-state index contributed by atoms with van der Waals surface area (Å²) in [7, 11) is 0. The molecule has 0 atom stereocenters. The SMILES string of the molecule is CC(C)(N)CNC(=O)c1nnn(-c2ccc(Br)cc2)c1C1CC1. The van der Waals surface area contributed by atoms with Crippen LogP contribution in [0.1, 0.15) is 48.8 Å². The molecule has 1 heterocycles. The lowest BCUT2D eigenvalue weighted by Crippen LogP contribution is -2.45. The number of amides is 1. The molecule has 1 aliphatic carbocycles. The van der Waals surface area contributed by atoms with Crippen molar-refractivity contribution in [1.82, 2.24) is 20.3 Å². The maximum absolute atomic E-state index is 12.5. The number of hydrogen-bond donors (Lipinski definition) is 2. The molecule has 0 saturated heterocycles. The van der Waals surface area contributed by atoms with Crippen molar-refractivity contribution in [2.75, 3.05) is 6.54 Å². The summed E-state index contributed by atoms with van der Waals surface area (Å²) in [5.74, 6) is 0.133. The molecule has 0 radical (unpaired) electrons. The first-order valence-electron chi connectivity index (χ1n) is 7.64. The predicted molar refractivity (Wildman–Crippen MR) is 91.6 cm³/mol. The summed E-state index contributed by atoms with van der Waals surface area (Å²) in [6.45, 7) is 4.13. The van der Waals surface area contributed by atoms with E-state index in [2.05, 4.69) is 31.6 Å². The minimum Gasteiger partial charge on any atom is -0.349 e. The number of hydrogen-bond acceptors (Lipinski definition) is 4. The van der Waals surface area contributed by atoms with Crippen LogP contribution in [-0.2, 0) is 0 Å². The van der Waals surface area contributed by atoms with Gasteiger partial charge in [0.05, 0.1) is 11.4 Å². The molecule has 3 rings (SSSR count). The quantitative estimate of drug-likeness (QED) is 0.837. The van der Waals surface area contributed by atoms with E-state index in [9.17, 15) is 4.79 Å². The Bertz CT molecular complexity index is 713. The predicted octanol–water partition coefficient (Wildman–Crippen LogP) is 2.37. The molecule has 0 bridgehead atoms. The first kappa shape index (κ1) is 16.1. The maximum atomic E-state index is 12.5. The van der Waals surface area contributed by atoms with E-state index in [0.717, 1.165) is 28.7 Å². The highest BCUT2D eigenvalue weighted by Gasteiger charge is 2.34. The summed E-state index contributed by atoms with van der Waals surface area (Å²) >= 11 is 3.42. The summed E-state index contributed by atoms with van der Waals surface area (Å²) < 4.78 is 2.77. The van der Waals surface area contributed by atoms with Crippen LogP contribution < -0.4 is 11.1 Å². The first-order valence-corrected chi connectivity index (χ1v) is 8.43. The Labute approximate surface area is 143 Å². The third-order valence-corrected chi connectivity index (χ3v) is 4.19. The van der Waals surface area contributed by atoms with Crippen molar-refractivity contribution in [3.8, 4) is 5.69 Å². The van der Waals surface area contributed by atoms with Crippen LogP contribution in [0.25, 0.3) is 5.69 Å². The van der Waals surface area contributed by atoms with Crippen LogP contribution in [0, 0.1) is 0 Å². The second-order valence-corrected chi connectivity index (χ2v) is 7.57. The zero-order valence-corrected chi connectivity index (χ0v) is 14.8. The smallest absolute Gasteiger partial charge is 0.273 e. The molecule has 2 aromatic rings. The third kappa shape index (κ3) is 3.79. The van der Waals surface area contributed by atoms with Crippen LogP contribution in [0.4, 0.5) is 0 Å². The Morgan fingerprint density at radius 3 is 2.61 bits per heavy atom. The fourth-order valence-corrected chi connectivity index (χ4v) is 2.60. The van der Waals surface area contributed by atoms with Gasteiger partial charge in [0.25, 0.3) is 5.91 Å². The Morgan fingerprint density at radius 2 is 2.04 bits per heavy atom. The number of nitrogens with two attached hydrogens (primary N) is 1. The topological polar surface area (TPSA) is 85.8 Å². The molecule has 0 aliphatic heterocycles. The number of aromatic nitrogens is 3. The molecule has 0 unspecified atom stereocenters. The fraction of sp³-hybridized carbons (Fsp3) is 0.438. The van der Waals surface area contributed by atoms with Crippen LogP contribution >= 0.6 is 15.9 Å². The van der Waals surface area contributed by atoms with E-state index in [1.807, 2.05) is 38.1 Å². The van der Waals surface area contributed by atoms with Gasteiger partial charge in [-0.2, -0.15) is 0 Å². The molecule has 1 aromatic carbocycles. The van der Waals surface area contributed by atoms with Crippen molar-refractivity contribution in [2.45, 2.75) is 38.1 Å². The molecule has 23 heavy (non-hydrogen) atoms. The highest BCUT2D eigenvalue weighted by molar-refractivity contribution is 9.10. The molecule has 6 nitrogen and oxygen atoms in total. The maximum Gasteiger partial charge on any atom is 0.273 e. The third-order valence-electron chi connectivity index (χ3n) is 3.66. The summed E-state index contributed by atoms with van der Waals surface area (Å²) in [6.07, 6.45) is 2.12. The Kier molecular flexibility index (Phi) is 4.25. The number of rotatable bonds is 5. The van der Waals surface area contributed by atoms with Gasteiger partial charge in [-0.15, -0.1) is 5.10 Å². The van der Waals surface area contributed by atoms with Gasteiger partial charge < -0.3 is 11.1 Å². The van der Waals surface area contributed by atoms with E-state index in [0.29, 0.717) is 18.2 Å². The van der Waals surface area contributed by atoms with Gasteiger partial charge >= 0.3 is 0 Å². The minimum absolute atomic E-state index is 0.214. The first-order chi connectivity index (χ1) is 10.8. The minimum atomic E-state index is -0.461. The van der Waals surface area contributed by atoms with E-state index in [-0.39, 0.29) is 5.91 Å². The zero-order chi connectivity index (χ0) is 16.6. The molecule has 1 fully saturated rings. The van der Waals surface area contributed by atoms with Crippen LogP contribution in [0.15, 0.2) is 28.7 Å². The lowest BCUT2D eigenvalue weighted by atomic mass is 10.1. The van der Waals surface area contributed by atoms with Gasteiger partial charge in [0, 0.05) is 22.5 Å². The average molecular weight is 378 g/mol. The summed E-state index contributed by atoms with van der Waals surface area (Å²) in [4.78, 5) is 12.5. The normalized spacial score (nSPS) is 14.8. The van der Waals surface area contributed by atoms with Crippen LogP contribution in [-0.4, -0.2) is 33.0 Å². The lowest BCUT2D eigenvalue weighted by Gasteiger charge is -2.18. The molecule has 1 aliphatic rings. The van der Waals surface area contributed by atoms with Gasteiger partial charge in [-0.1, -0.05) is 21.1 Å². The largest absolute Gasteiger partial charge is 0.349 e. The molecule has 0 spiro atoms. The number of benzene rings is 1. The number of carbonyl (C=O) groups is 1. The van der Waals surface area contributed by atoms with Crippen molar-refractivity contribution in [1.29, 1.82) is 0 Å². The van der Waals surface area contributed by atoms with Gasteiger partial charge in [0.1, 0.15) is 0 Å². The second-order valence-electron chi connectivity index (χ2n) is 6.66. The highest BCUT2D eigenvalue weighted by Crippen LogP contribution is 2.42. The van der Waals surface area contributed by atoms with Crippen molar-refractivity contribution in [2.24, 2.45) is 5.73 Å². The van der Waals surface area contributed by atoms with E-state index < -0.39 is 5.54 Å². The van der Waals surface area contributed by atoms with Gasteiger partial charge in [0.2, 0.25) is 0 Å². The van der Waals surface area contributed by atoms with Crippen molar-refractivity contribution in [3.63, 3.8) is 0 Å². The zero-order valence-electron chi connectivity index (χ0n) is 13.2. The van der Waals surface area contributed by atoms with E-state index in [1.165, 1.54) is 0 Å². The van der Waals surface area contributed by atoms with Gasteiger partial charge in [-0.25, -0.2) is 4.68 Å². The highest BCUT2D eigenvalue weighted by atomic mass is 79.9. The molecular weight excluding hydrogens is 358 g/mol. The monoisotopic (exact) mass is 377 g/mol. The summed E-state index contributed by atoms with van der Waals surface area (Å²) in [5, 5.41) is 11.2. The van der Waals surface area contributed by atoms with Crippen LogP contribution in [0.3, 0.4) is 0 Å². The molecule has 1 saturated carbocycles. The fourth-order valence-electron chi connectivity index (χ4n) is 2.34. The van der Waals surface area contributed by atoms with Gasteiger partial charge in [-0.3, -0.25) is 4.79 Å². The van der Waals surface area contributed by atoms with Gasteiger partial charge in [-0.05, 0) is 51.0 Å². The molecule has 3 N–H and O–H groups in total. The Hall–Kier alpha value is -1.73. The van der Waals surface area contributed by atoms with Crippen LogP contribution in [0.2, 0.25) is 0 Å². The van der Waals surface area contributed by atoms with E-state index in [1.54, 1.807) is 4.68 Å². The standard InChI is InChI=1S/C16H20BrN5O/c1-16(2,18)9-19-15(23)13-14(10-3-4-10)22(21-20-13)12-7-5-11(17)6-8-12/h5-8,10H,3-4,9,18H2,1-2H3,(H,19,23). The second kappa shape index (κ2) is 6.05. The van der Waals surface area contributed by atoms with Crippen molar-refractivity contribution < 1.29 is 4.79 Å². The van der Waals surface area contributed by atoms with Crippen molar-refractivity contribution >= 4 is 21.8 Å². The summed E-state index contributed by atoms with van der Waals surface area (Å²) in [6, 6.07) is 7.80. The van der Waals surface area contributed by atoms with E-state index >= 15 is 0 Å². The number of carbonyl (C=O) groups excluding carboxylic acids is 1. The summed E-state index contributed by atoms with van der Waals surface area (Å²) in [5.41, 5.74) is 7.66. The Balaban J connectivity index is 1.90. The van der Waals surface area contributed by atoms with Crippen LogP contribution in [0.5, 0.6) is 0 Å². The number of nitrogens with zero attached hydrogens (tertiary/aromatic N) is 3. The van der Waals surface area contributed by atoms with Crippen molar-refractivity contribution in [3.05, 3.63) is 40.1 Å². The van der Waals surface area contributed by atoms with Gasteiger partial charge in [0.15, 0.2) is 5.69 Å². The number of nitrogens with one attached hydrogen (secondary N) is 1. The molecule has 1 amide bonds. The molecular formula is C16H20BrN5O. The van der Waals surface area contributed by atoms with E-state index in [4.69, 9.17) is 5.73 Å². The molecule has 122 valence electrons. The molecule has 1 aromatic heterocycles. The Morgan fingerprint density at radius 1 is 1.39 bits per heavy atom. The lowest BCUT2D eigenvalue weighted by molar-refractivity contribution is 0.0940. The molecule has 7 heteroatoms. The average Bonchev–Trinajstić information content (AvgIpc) is 3.23.